The zero-order valence-electron chi connectivity index (χ0n) is 12.5. The van der Waals surface area contributed by atoms with Crippen molar-refractivity contribution in [2.45, 2.75) is 0 Å². The number of nitrogens with one attached hydrogen (secondary N) is 1. The molecule has 0 saturated heterocycles. The molecule has 1 heterocycles. The molecule has 1 aliphatic carbocycles. The average molecular weight is 332 g/mol. The number of H-pyrrole nitrogens is 1. The topological polar surface area (TPSA) is 71.6 Å². The Kier molecular flexibility index (Phi) is 3.45. The van der Waals surface area contributed by atoms with Crippen LogP contribution in [0.1, 0.15) is 15.9 Å². The molecule has 0 atom stereocenters. The summed E-state index contributed by atoms with van der Waals surface area (Å²) in [6.07, 6.45) is 0. The van der Waals surface area contributed by atoms with E-state index in [1.165, 1.54) is 7.11 Å². The second-order valence-electron chi connectivity index (χ2n) is 5.19. The molecule has 5 nitrogen and oxygen atoms in total. The lowest BCUT2D eigenvalue weighted by molar-refractivity contribution is 0.104. The highest BCUT2D eigenvalue weighted by Crippen LogP contribution is 2.46. The van der Waals surface area contributed by atoms with Gasteiger partial charge in [0.1, 0.15) is 17.2 Å². The van der Waals surface area contributed by atoms with Crippen molar-refractivity contribution in [1.82, 2.24) is 4.98 Å². The van der Waals surface area contributed by atoms with Gasteiger partial charge in [-0.3, -0.25) is 4.79 Å². The molecule has 6 heteroatoms. The van der Waals surface area contributed by atoms with E-state index in [2.05, 4.69) is 4.98 Å². The number of aromatic hydroxyl groups is 1. The minimum atomic E-state index is -0.110. The lowest BCUT2D eigenvalue weighted by atomic mass is 10.1. The standard InChI is InChI=1S/C17H13NO4.ClH/c1-21-9-6-11-14(13(7-9)22-2)17(20)15-10-5-8(19)3-4-12(10)18-16(11)15;/h3-7,18-19H,1-2H3;1H. The number of phenolic OH excluding ortho intramolecular Hbond substituents is 1. The maximum absolute atomic E-state index is 12.8. The van der Waals surface area contributed by atoms with Gasteiger partial charge in [-0.2, -0.15) is 0 Å². The quantitative estimate of drug-likeness (QED) is 0.589. The van der Waals surface area contributed by atoms with Crippen molar-refractivity contribution >= 4 is 29.1 Å². The number of phenols is 1. The van der Waals surface area contributed by atoms with Crippen LogP contribution in [0.3, 0.4) is 0 Å². The highest BCUT2D eigenvalue weighted by molar-refractivity contribution is 6.28. The summed E-state index contributed by atoms with van der Waals surface area (Å²) in [6, 6.07) is 8.45. The van der Waals surface area contributed by atoms with E-state index in [9.17, 15) is 9.90 Å². The zero-order valence-corrected chi connectivity index (χ0v) is 13.3. The van der Waals surface area contributed by atoms with E-state index in [-0.39, 0.29) is 23.9 Å². The summed E-state index contributed by atoms with van der Waals surface area (Å²) in [5.41, 5.74) is 3.38. The van der Waals surface area contributed by atoms with Crippen LogP contribution in [0, 0.1) is 0 Å². The van der Waals surface area contributed by atoms with E-state index < -0.39 is 0 Å². The molecule has 0 radical (unpaired) electrons. The Bertz CT molecular complexity index is 945. The summed E-state index contributed by atoms with van der Waals surface area (Å²) in [4.78, 5) is 16.1. The van der Waals surface area contributed by atoms with Crippen molar-refractivity contribution in [3.8, 4) is 28.5 Å². The SMILES string of the molecule is COc1cc(OC)c2c(c1)-c1[nH]c3ccc(O)cc3c1C2=O.Cl. The first-order chi connectivity index (χ1) is 10.6. The highest BCUT2D eigenvalue weighted by Gasteiger charge is 2.34. The van der Waals surface area contributed by atoms with E-state index in [1.807, 2.05) is 6.07 Å². The van der Waals surface area contributed by atoms with Gasteiger partial charge in [0.2, 0.25) is 0 Å². The van der Waals surface area contributed by atoms with Crippen LogP contribution in [0.15, 0.2) is 30.3 Å². The van der Waals surface area contributed by atoms with Gasteiger partial charge < -0.3 is 19.6 Å². The molecule has 23 heavy (non-hydrogen) atoms. The number of ketones is 1. The van der Waals surface area contributed by atoms with Crippen molar-refractivity contribution in [1.29, 1.82) is 0 Å². The van der Waals surface area contributed by atoms with E-state index in [4.69, 9.17) is 9.47 Å². The molecule has 1 aliphatic rings. The molecule has 118 valence electrons. The molecule has 0 unspecified atom stereocenters. The van der Waals surface area contributed by atoms with Crippen molar-refractivity contribution in [2.75, 3.05) is 14.2 Å². The Balaban J connectivity index is 0.00000156. The number of hydrogen-bond acceptors (Lipinski definition) is 4. The molecule has 0 fully saturated rings. The number of carbonyl (C=O) groups is 1. The number of fused-ring (bicyclic) bond motifs is 5. The molecule has 2 aromatic carbocycles. The van der Waals surface area contributed by atoms with Gasteiger partial charge >= 0.3 is 0 Å². The molecular formula is C17H14ClNO4. The van der Waals surface area contributed by atoms with E-state index in [0.29, 0.717) is 28.0 Å². The van der Waals surface area contributed by atoms with E-state index in [1.54, 1.807) is 31.4 Å². The Morgan fingerprint density at radius 1 is 1.04 bits per heavy atom. The second kappa shape index (κ2) is 5.21. The lowest BCUT2D eigenvalue weighted by Gasteiger charge is -2.09. The van der Waals surface area contributed by atoms with Gasteiger partial charge in [0, 0.05) is 22.5 Å². The minimum absolute atomic E-state index is 0. The monoisotopic (exact) mass is 331 g/mol. The minimum Gasteiger partial charge on any atom is -0.508 e. The molecule has 1 aromatic heterocycles. The second-order valence-corrected chi connectivity index (χ2v) is 5.19. The van der Waals surface area contributed by atoms with Crippen molar-refractivity contribution < 1.29 is 19.4 Å². The zero-order chi connectivity index (χ0) is 15.4. The summed E-state index contributed by atoms with van der Waals surface area (Å²) < 4.78 is 10.6. The normalized spacial score (nSPS) is 11.8. The Morgan fingerprint density at radius 2 is 1.83 bits per heavy atom. The molecule has 0 bridgehead atoms. The molecular weight excluding hydrogens is 318 g/mol. The number of benzene rings is 2. The number of halogens is 1. The molecule has 0 spiro atoms. The number of aromatic nitrogens is 1. The first-order valence-electron chi connectivity index (χ1n) is 6.80. The number of ether oxygens (including phenoxy) is 2. The summed E-state index contributed by atoms with van der Waals surface area (Å²) in [5.74, 6) is 1.12. The van der Waals surface area contributed by atoms with Crippen LogP contribution in [0.25, 0.3) is 22.2 Å². The fourth-order valence-corrected chi connectivity index (χ4v) is 3.04. The Hall–Kier alpha value is -2.66. The number of aromatic amines is 1. The Morgan fingerprint density at radius 3 is 2.52 bits per heavy atom. The third-order valence-corrected chi connectivity index (χ3v) is 4.04. The largest absolute Gasteiger partial charge is 0.508 e. The van der Waals surface area contributed by atoms with Gasteiger partial charge in [0.15, 0.2) is 5.78 Å². The highest BCUT2D eigenvalue weighted by atomic mass is 35.5. The van der Waals surface area contributed by atoms with E-state index >= 15 is 0 Å². The molecule has 0 saturated carbocycles. The number of hydrogen-bond donors (Lipinski definition) is 2. The molecule has 2 N–H and O–H groups in total. The van der Waals surface area contributed by atoms with Crippen LogP contribution < -0.4 is 9.47 Å². The van der Waals surface area contributed by atoms with Crippen LogP contribution in [0.2, 0.25) is 0 Å². The van der Waals surface area contributed by atoms with Gasteiger partial charge in [0.25, 0.3) is 0 Å². The van der Waals surface area contributed by atoms with Crippen LogP contribution in [-0.4, -0.2) is 30.1 Å². The van der Waals surface area contributed by atoms with Crippen molar-refractivity contribution in [3.63, 3.8) is 0 Å². The first-order valence-corrected chi connectivity index (χ1v) is 6.80. The van der Waals surface area contributed by atoms with Crippen molar-refractivity contribution in [3.05, 3.63) is 41.5 Å². The first kappa shape index (κ1) is 15.2. The van der Waals surface area contributed by atoms with Gasteiger partial charge in [-0.25, -0.2) is 0 Å². The maximum Gasteiger partial charge on any atom is 0.200 e. The summed E-state index contributed by atoms with van der Waals surface area (Å²) >= 11 is 0. The average Bonchev–Trinajstić information content (AvgIpc) is 3.03. The lowest BCUT2D eigenvalue weighted by Crippen LogP contribution is -2.00. The van der Waals surface area contributed by atoms with Crippen LogP contribution >= 0.6 is 12.4 Å². The van der Waals surface area contributed by atoms with Gasteiger partial charge in [0.05, 0.1) is 31.0 Å². The fraction of sp³-hybridized carbons (Fsp3) is 0.118. The number of carbonyl (C=O) groups excluding carboxylic acids is 1. The third kappa shape index (κ3) is 1.97. The summed E-state index contributed by atoms with van der Waals surface area (Å²) in [5, 5.41) is 10.4. The smallest absolute Gasteiger partial charge is 0.200 e. The van der Waals surface area contributed by atoms with Crippen LogP contribution in [-0.2, 0) is 0 Å². The number of rotatable bonds is 2. The Labute approximate surface area is 138 Å². The van der Waals surface area contributed by atoms with Crippen molar-refractivity contribution in [2.24, 2.45) is 0 Å². The number of methoxy groups -OCH3 is 2. The van der Waals surface area contributed by atoms with Crippen LogP contribution in [0.5, 0.6) is 17.2 Å². The fourth-order valence-electron chi connectivity index (χ4n) is 3.04. The molecule has 3 aromatic rings. The van der Waals surface area contributed by atoms with E-state index in [0.717, 1.165) is 16.8 Å². The van der Waals surface area contributed by atoms with Gasteiger partial charge in [-0.05, 0) is 24.3 Å². The summed E-state index contributed by atoms with van der Waals surface area (Å²) in [6.45, 7) is 0. The molecule has 0 aliphatic heterocycles. The summed E-state index contributed by atoms with van der Waals surface area (Å²) in [7, 11) is 3.10. The molecule has 4 rings (SSSR count). The van der Waals surface area contributed by atoms with Gasteiger partial charge in [-0.1, -0.05) is 0 Å². The van der Waals surface area contributed by atoms with Gasteiger partial charge in [-0.15, -0.1) is 12.4 Å². The predicted octanol–water partition coefficient (Wildman–Crippen LogP) is 3.52. The predicted molar refractivity (Wildman–Crippen MR) is 89.2 cm³/mol. The molecule has 0 amide bonds. The maximum atomic E-state index is 12.8. The third-order valence-electron chi connectivity index (χ3n) is 4.04. The van der Waals surface area contributed by atoms with Crippen LogP contribution in [0.4, 0.5) is 0 Å².